The second-order valence-electron chi connectivity index (χ2n) is 7.25. The fourth-order valence-electron chi connectivity index (χ4n) is 3.69. The number of ether oxygens (including phenoxy) is 2. The number of aromatic nitrogens is 4. The van der Waals surface area contributed by atoms with Gasteiger partial charge in [0.25, 0.3) is 5.91 Å². The van der Waals surface area contributed by atoms with E-state index in [4.69, 9.17) is 9.47 Å². The van der Waals surface area contributed by atoms with E-state index in [1.54, 1.807) is 12.0 Å². The van der Waals surface area contributed by atoms with Gasteiger partial charge in [-0.3, -0.25) is 14.6 Å². The van der Waals surface area contributed by atoms with Crippen molar-refractivity contribution in [3.8, 4) is 0 Å². The molecule has 1 aliphatic rings. The quantitative estimate of drug-likeness (QED) is 0.835. The molecule has 1 aliphatic heterocycles. The summed E-state index contributed by atoms with van der Waals surface area (Å²) in [5.74, 6) is -0.0893. The number of hydrogen-bond donors (Lipinski definition) is 1. The first-order valence-electron chi connectivity index (χ1n) is 9.33. The van der Waals surface area contributed by atoms with Crippen molar-refractivity contribution in [2.24, 2.45) is 7.05 Å². The van der Waals surface area contributed by atoms with Gasteiger partial charge in [0, 0.05) is 50.5 Å². The molecule has 0 bridgehead atoms. The van der Waals surface area contributed by atoms with Gasteiger partial charge < -0.3 is 14.4 Å². The lowest BCUT2D eigenvalue weighted by molar-refractivity contribution is -0.00703. The van der Waals surface area contributed by atoms with Crippen LogP contribution < -0.4 is 0 Å². The molecule has 2 aromatic rings. The third kappa shape index (κ3) is 3.77. The van der Waals surface area contributed by atoms with Gasteiger partial charge in [-0.2, -0.15) is 10.2 Å². The molecule has 3 rings (SSSR count). The third-order valence-corrected chi connectivity index (χ3v) is 5.30. The number of rotatable bonds is 6. The number of aryl methyl sites for hydroxylation is 2. The van der Waals surface area contributed by atoms with Crippen LogP contribution >= 0.6 is 0 Å². The van der Waals surface area contributed by atoms with Gasteiger partial charge in [-0.15, -0.1) is 0 Å². The van der Waals surface area contributed by atoms with Crippen molar-refractivity contribution in [1.82, 2.24) is 24.9 Å². The lowest BCUT2D eigenvalue weighted by atomic mass is 9.99. The molecular weight excluding hydrogens is 346 g/mol. The Morgan fingerprint density at radius 1 is 1.41 bits per heavy atom. The first kappa shape index (κ1) is 19.6. The van der Waals surface area contributed by atoms with Gasteiger partial charge in [-0.1, -0.05) is 0 Å². The highest BCUT2D eigenvalue weighted by atomic mass is 16.5. The fourth-order valence-corrected chi connectivity index (χ4v) is 3.69. The number of methoxy groups -OCH3 is 1. The van der Waals surface area contributed by atoms with E-state index < -0.39 is 0 Å². The molecule has 0 saturated heterocycles. The summed E-state index contributed by atoms with van der Waals surface area (Å²) < 4.78 is 12.9. The Labute approximate surface area is 159 Å². The summed E-state index contributed by atoms with van der Waals surface area (Å²) in [6, 6.07) is 0. The Balaban J connectivity index is 1.91. The number of hydrogen-bond acceptors (Lipinski definition) is 5. The van der Waals surface area contributed by atoms with E-state index in [9.17, 15) is 4.79 Å². The summed E-state index contributed by atoms with van der Waals surface area (Å²) in [6.45, 7) is 9.43. The molecule has 0 unspecified atom stereocenters. The van der Waals surface area contributed by atoms with Gasteiger partial charge in [0.2, 0.25) is 0 Å². The van der Waals surface area contributed by atoms with Crippen LogP contribution in [-0.2, 0) is 29.5 Å². The number of nitrogens with zero attached hydrogens (tertiary/aromatic N) is 4. The minimum atomic E-state index is -0.0898. The maximum absolute atomic E-state index is 13.4. The van der Waals surface area contributed by atoms with Crippen LogP contribution in [0.15, 0.2) is 0 Å². The summed E-state index contributed by atoms with van der Waals surface area (Å²) in [7, 11) is 3.56. The zero-order valence-electron chi connectivity index (χ0n) is 17.0. The average molecular weight is 375 g/mol. The van der Waals surface area contributed by atoms with Crippen molar-refractivity contribution in [3.05, 3.63) is 33.9 Å². The zero-order chi connectivity index (χ0) is 19.7. The fraction of sp³-hybridized carbons (Fsp3) is 0.632. The van der Waals surface area contributed by atoms with Crippen LogP contribution in [0.2, 0.25) is 0 Å². The standard InChI is InChI=1S/C19H29N5O3/c1-11-9-15-17(14(4)27-11)20-21-18(15)19(25)24(7-8-26-6)10-16-12(2)22-23(5)13(16)3/h11,14H,7-10H2,1-6H3,(H,20,21)/t11-,14+/m0/s1. The number of H-pyrrole nitrogens is 1. The topological polar surface area (TPSA) is 85.3 Å². The van der Waals surface area contributed by atoms with E-state index in [0.29, 0.717) is 31.8 Å². The van der Waals surface area contributed by atoms with Crippen molar-refractivity contribution in [2.75, 3.05) is 20.3 Å². The van der Waals surface area contributed by atoms with Crippen LogP contribution in [0, 0.1) is 13.8 Å². The molecule has 3 heterocycles. The first-order chi connectivity index (χ1) is 12.8. The Hall–Kier alpha value is -2.19. The van der Waals surface area contributed by atoms with Gasteiger partial charge in [0.05, 0.1) is 30.2 Å². The molecule has 2 aromatic heterocycles. The molecule has 27 heavy (non-hydrogen) atoms. The lowest BCUT2D eigenvalue weighted by Crippen LogP contribution is -2.35. The normalized spacial score (nSPS) is 19.2. The number of fused-ring (bicyclic) bond motifs is 1. The number of carbonyl (C=O) groups is 1. The van der Waals surface area contributed by atoms with E-state index >= 15 is 0 Å². The molecule has 1 N–H and O–H groups in total. The number of aromatic amines is 1. The third-order valence-electron chi connectivity index (χ3n) is 5.30. The van der Waals surface area contributed by atoms with Crippen LogP contribution in [0.3, 0.4) is 0 Å². The summed E-state index contributed by atoms with van der Waals surface area (Å²) in [4.78, 5) is 15.1. The molecule has 1 amide bonds. The van der Waals surface area contributed by atoms with Crippen molar-refractivity contribution in [2.45, 2.75) is 52.9 Å². The lowest BCUT2D eigenvalue weighted by Gasteiger charge is -2.26. The molecule has 148 valence electrons. The van der Waals surface area contributed by atoms with Crippen LogP contribution in [0.4, 0.5) is 0 Å². The Bertz CT molecular complexity index is 826. The smallest absolute Gasteiger partial charge is 0.275 e. The summed E-state index contributed by atoms with van der Waals surface area (Å²) in [6.07, 6.45) is 0.653. The zero-order valence-corrected chi connectivity index (χ0v) is 17.0. The van der Waals surface area contributed by atoms with Crippen molar-refractivity contribution in [3.63, 3.8) is 0 Å². The Morgan fingerprint density at radius 2 is 2.15 bits per heavy atom. The van der Waals surface area contributed by atoms with E-state index in [1.165, 1.54) is 0 Å². The largest absolute Gasteiger partial charge is 0.383 e. The highest BCUT2D eigenvalue weighted by Gasteiger charge is 2.31. The van der Waals surface area contributed by atoms with Crippen molar-refractivity contribution >= 4 is 5.91 Å². The SMILES string of the molecule is COCCN(Cc1c(C)nn(C)c1C)C(=O)c1n[nH]c2c1C[C@H](C)O[C@@H]2C. The number of carbonyl (C=O) groups excluding carboxylic acids is 1. The molecular formula is C19H29N5O3. The summed E-state index contributed by atoms with van der Waals surface area (Å²) >= 11 is 0. The minimum absolute atomic E-state index is 0.0619. The van der Waals surface area contributed by atoms with Crippen LogP contribution in [-0.4, -0.2) is 57.2 Å². The molecule has 0 fully saturated rings. The molecule has 0 radical (unpaired) electrons. The van der Waals surface area contributed by atoms with Crippen LogP contribution in [0.1, 0.15) is 58.6 Å². The van der Waals surface area contributed by atoms with Gasteiger partial charge in [0.15, 0.2) is 5.69 Å². The van der Waals surface area contributed by atoms with Crippen LogP contribution in [0.5, 0.6) is 0 Å². The molecule has 0 saturated carbocycles. The number of nitrogens with one attached hydrogen (secondary N) is 1. The number of amides is 1. The minimum Gasteiger partial charge on any atom is -0.383 e. The summed E-state index contributed by atoms with van der Waals surface area (Å²) in [5.41, 5.74) is 5.41. The Kier molecular flexibility index (Phi) is 5.67. The molecule has 8 heteroatoms. The van der Waals surface area contributed by atoms with Crippen LogP contribution in [0.25, 0.3) is 0 Å². The van der Waals surface area contributed by atoms with E-state index in [0.717, 1.165) is 28.2 Å². The Morgan fingerprint density at radius 3 is 2.78 bits per heavy atom. The van der Waals surface area contributed by atoms with Gasteiger partial charge >= 0.3 is 0 Å². The molecule has 0 aromatic carbocycles. The monoisotopic (exact) mass is 375 g/mol. The predicted octanol–water partition coefficient (Wildman–Crippen LogP) is 2.07. The molecule has 0 spiro atoms. The molecule has 8 nitrogen and oxygen atoms in total. The molecule has 0 aliphatic carbocycles. The highest BCUT2D eigenvalue weighted by Crippen LogP contribution is 2.31. The van der Waals surface area contributed by atoms with Crippen molar-refractivity contribution < 1.29 is 14.3 Å². The molecule has 2 atom stereocenters. The maximum atomic E-state index is 13.4. The highest BCUT2D eigenvalue weighted by molar-refractivity contribution is 5.94. The summed E-state index contributed by atoms with van der Waals surface area (Å²) in [5, 5.41) is 11.8. The second-order valence-corrected chi connectivity index (χ2v) is 7.25. The van der Waals surface area contributed by atoms with Crippen molar-refractivity contribution in [1.29, 1.82) is 0 Å². The predicted molar refractivity (Wildman–Crippen MR) is 101 cm³/mol. The van der Waals surface area contributed by atoms with Gasteiger partial charge in [0.1, 0.15) is 0 Å². The van der Waals surface area contributed by atoms with E-state index in [-0.39, 0.29) is 18.1 Å². The second kappa shape index (κ2) is 7.82. The van der Waals surface area contributed by atoms with E-state index in [2.05, 4.69) is 15.3 Å². The first-order valence-corrected chi connectivity index (χ1v) is 9.33. The average Bonchev–Trinajstić information content (AvgIpc) is 3.13. The van der Waals surface area contributed by atoms with Gasteiger partial charge in [-0.05, 0) is 27.7 Å². The maximum Gasteiger partial charge on any atom is 0.275 e. The van der Waals surface area contributed by atoms with Gasteiger partial charge in [-0.25, -0.2) is 0 Å². The van der Waals surface area contributed by atoms with E-state index in [1.807, 2.05) is 39.4 Å².